The highest BCUT2D eigenvalue weighted by Gasteiger charge is 2.27. The second-order valence-electron chi connectivity index (χ2n) is 7.52. The molecule has 0 amide bonds. The van der Waals surface area contributed by atoms with E-state index in [0.717, 1.165) is 17.4 Å². The largest absolute Gasteiger partial charge is 0.390 e. The fraction of sp³-hybridized carbons (Fsp3) is 0.714. The number of aliphatic hydroxyl groups excluding tert-OH is 1. The normalized spacial score (nSPS) is 13.2. The van der Waals surface area contributed by atoms with E-state index in [1.54, 1.807) is 0 Å². The van der Waals surface area contributed by atoms with Crippen LogP contribution in [0.2, 0.25) is 0 Å². The maximum Gasteiger partial charge on any atom is 0.112 e. The van der Waals surface area contributed by atoms with Crippen molar-refractivity contribution in [1.29, 1.82) is 0 Å². The van der Waals surface area contributed by atoms with Crippen LogP contribution in [0.25, 0.3) is 0 Å². The molecule has 0 aliphatic heterocycles. The van der Waals surface area contributed by atoms with Crippen molar-refractivity contribution in [1.82, 2.24) is 0 Å². The maximum atomic E-state index is 9.82. The second-order valence-corrected chi connectivity index (χ2v) is 7.52. The summed E-state index contributed by atoms with van der Waals surface area (Å²) in [4.78, 5) is 0. The van der Waals surface area contributed by atoms with Crippen LogP contribution in [0, 0.1) is 0 Å². The van der Waals surface area contributed by atoms with Gasteiger partial charge in [-0.2, -0.15) is 0 Å². The van der Waals surface area contributed by atoms with Crippen LogP contribution in [0.1, 0.15) is 70.3 Å². The summed E-state index contributed by atoms with van der Waals surface area (Å²) in [5.41, 5.74) is 1.35. The minimum absolute atomic E-state index is 0.288. The molecule has 0 aliphatic rings. The van der Waals surface area contributed by atoms with Crippen LogP contribution in [-0.4, -0.2) is 36.3 Å². The number of aliphatic hydroxyl groups is 1. The van der Waals surface area contributed by atoms with Crippen LogP contribution in [0.4, 0.5) is 0 Å². The van der Waals surface area contributed by atoms with E-state index in [-0.39, 0.29) is 6.61 Å². The molecule has 1 aromatic rings. The molecule has 0 aromatic heterocycles. The van der Waals surface area contributed by atoms with Crippen molar-refractivity contribution >= 4 is 0 Å². The summed E-state index contributed by atoms with van der Waals surface area (Å²) in [6.07, 6.45) is 11.9. The summed E-state index contributed by atoms with van der Waals surface area (Å²) in [7, 11) is 4.50. The second kappa shape index (κ2) is 11.6. The summed E-state index contributed by atoms with van der Waals surface area (Å²) >= 11 is 0. The molecule has 0 heterocycles. The smallest absolute Gasteiger partial charge is 0.112 e. The Balaban J connectivity index is 2.26. The van der Waals surface area contributed by atoms with Gasteiger partial charge in [0, 0.05) is 12.0 Å². The minimum Gasteiger partial charge on any atom is -0.390 e. The molecule has 132 valence electrons. The molecule has 0 radical (unpaired) electrons. The molecule has 0 bridgehead atoms. The SMILES string of the molecule is CCCCCCCCCCC(CO)[N+](C)(C)Cc1ccccc1. The van der Waals surface area contributed by atoms with Gasteiger partial charge >= 0.3 is 0 Å². The summed E-state index contributed by atoms with van der Waals surface area (Å²) < 4.78 is 0.872. The Morgan fingerprint density at radius 3 is 2.00 bits per heavy atom. The lowest BCUT2D eigenvalue weighted by atomic mass is 10.0. The summed E-state index contributed by atoms with van der Waals surface area (Å²) in [6.45, 7) is 3.55. The van der Waals surface area contributed by atoms with E-state index in [2.05, 4.69) is 51.4 Å². The van der Waals surface area contributed by atoms with Crippen molar-refractivity contribution in [3.8, 4) is 0 Å². The van der Waals surface area contributed by atoms with Gasteiger partial charge in [-0.3, -0.25) is 0 Å². The molecule has 1 N–H and O–H groups in total. The van der Waals surface area contributed by atoms with Crippen LogP contribution < -0.4 is 0 Å². The van der Waals surface area contributed by atoms with Gasteiger partial charge in [0.15, 0.2) is 0 Å². The van der Waals surface area contributed by atoms with Crippen molar-refractivity contribution < 1.29 is 9.59 Å². The summed E-state index contributed by atoms with van der Waals surface area (Å²) in [5.74, 6) is 0. The Morgan fingerprint density at radius 2 is 1.43 bits per heavy atom. The Kier molecular flexibility index (Phi) is 10.2. The first-order valence-corrected chi connectivity index (χ1v) is 9.57. The molecule has 1 unspecified atom stereocenters. The van der Waals surface area contributed by atoms with E-state index in [1.807, 2.05) is 0 Å². The number of nitrogens with zero attached hydrogens (tertiary/aromatic N) is 1. The minimum atomic E-state index is 0.288. The number of rotatable bonds is 13. The molecule has 0 saturated heterocycles. The van der Waals surface area contributed by atoms with Crippen molar-refractivity contribution in [3.63, 3.8) is 0 Å². The predicted molar refractivity (Wildman–Crippen MR) is 100 cm³/mol. The van der Waals surface area contributed by atoms with Gasteiger partial charge in [0.25, 0.3) is 0 Å². The van der Waals surface area contributed by atoms with Gasteiger partial charge in [0.1, 0.15) is 12.6 Å². The van der Waals surface area contributed by atoms with E-state index in [4.69, 9.17) is 0 Å². The van der Waals surface area contributed by atoms with Gasteiger partial charge in [-0.1, -0.05) is 82.2 Å². The van der Waals surface area contributed by atoms with E-state index in [9.17, 15) is 5.11 Å². The topological polar surface area (TPSA) is 20.2 Å². The van der Waals surface area contributed by atoms with Crippen molar-refractivity contribution in [2.24, 2.45) is 0 Å². The molecule has 1 rings (SSSR count). The third-order valence-electron chi connectivity index (χ3n) is 5.02. The molecule has 2 heteroatoms. The number of quaternary nitrogens is 1. The molecule has 0 spiro atoms. The molecule has 0 saturated carbocycles. The first-order valence-electron chi connectivity index (χ1n) is 9.57. The van der Waals surface area contributed by atoms with Crippen LogP contribution in [0.3, 0.4) is 0 Å². The number of benzene rings is 1. The molecular weight excluding hydrogens is 282 g/mol. The standard InChI is InChI=1S/C21H38NO/c1-4-5-6-7-8-9-10-14-17-21(19-23)22(2,3)18-20-15-12-11-13-16-20/h11-13,15-16,21,23H,4-10,14,17-19H2,1-3H3/q+1. The van der Waals surface area contributed by atoms with Crippen molar-refractivity contribution in [2.45, 2.75) is 77.3 Å². The average molecular weight is 321 g/mol. The molecule has 2 nitrogen and oxygen atoms in total. The van der Waals surface area contributed by atoms with Gasteiger partial charge in [0.2, 0.25) is 0 Å². The molecule has 1 aromatic carbocycles. The zero-order valence-electron chi connectivity index (χ0n) is 15.6. The fourth-order valence-corrected chi connectivity index (χ4v) is 3.36. The lowest BCUT2D eigenvalue weighted by molar-refractivity contribution is -0.928. The third kappa shape index (κ3) is 8.53. The van der Waals surface area contributed by atoms with Crippen molar-refractivity contribution in [2.75, 3.05) is 20.7 Å². The van der Waals surface area contributed by atoms with Gasteiger partial charge in [0.05, 0.1) is 20.7 Å². The van der Waals surface area contributed by atoms with Crippen LogP contribution in [0.15, 0.2) is 30.3 Å². The monoisotopic (exact) mass is 320 g/mol. The average Bonchev–Trinajstić information content (AvgIpc) is 2.53. The molecule has 0 fully saturated rings. The van der Waals surface area contributed by atoms with Crippen LogP contribution in [0.5, 0.6) is 0 Å². The Hall–Kier alpha value is -0.860. The molecule has 0 aliphatic carbocycles. The first kappa shape index (κ1) is 20.2. The van der Waals surface area contributed by atoms with Gasteiger partial charge in [-0.05, 0) is 6.42 Å². The quantitative estimate of drug-likeness (QED) is 0.393. The maximum absolute atomic E-state index is 9.82. The lowest BCUT2D eigenvalue weighted by Crippen LogP contribution is -2.50. The van der Waals surface area contributed by atoms with Crippen LogP contribution >= 0.6 is 0 Å². The highest BCUT2D eigenvalue weighted by molar-refractivity contribution is 5.13. The summed E-state index contributed by atoms with van der Waals surface area (Å²) in [6, 6.07) is 11.0. The van der Waals surface area contributed by atoms with E-state index < -0.39 is 0 Å². The third-order valence-corrected chi connectivity index (χ3v) is 5.02. The fourth-order valence-electron chi connectivity index (χ4n) is 3.36. The van der Waals surface area contributed by atoms with Gasteiger partial charge in [-0.15, -0.1) is 0 Å². The van der Waals surface area contributed by atoms with E-state index in [0.29, 0.717) is 6.04 Å². The van der Waals surface area contributed by atoms with Gasteiger partial charge < -0.3 is 9.59 Å². The molecule has 23 heavy (non-hydrogen) atoms. The van der Waals surface area contributed by atoms with E-state index in [1.165, 1.54) is 56.9 Å². The Morgan fingerprint density at radius 1 is 0.870 bits per heavy atom. The Labute approximate surface area is 144 Å². The zero-order chi connectivity index (χ0) is 17.0. The Bertz CT molecular complexity index is 388. The summed E-state index contributed by atoms with van der Waals surface area (Å²) in [5, 5.41) is 9.82. The number of likely N-dealkylation sites (N-methyl/N-ethyl adjacent to an activating group) is 1. The van der Waals surface area contributed by atoms with E-state index >= 15 is 0 Å². The number of hydrogen-bond acceptors (Lipinski definition) is 1. The predicted octanol–water partition coefficient (Wildman–Crippen LogP) is 5.15. The lowest BCUT2D eigenvalue weighted by Gasteiger charge is -2.37. The highest BCUT2D eigenvalue weighted by atomic mass is 16.3. The highest BCUT2D eigenvalue weighted by Crippen LogP contribution is 2.19. The zero-order valence-corrected chi connectivity index (χ0v) is 15.6. The van der Waals surface area contributed by atoms with Crippen LogP contribution in [-0.2, 0) is 6.54 Å². The number of hydrogen-bond donors (Lipinski definition) is 1. The number of unbranched alkanes of at least 4 members (excludes halogenated alkanes) is 7. The first-order chi connectivity index (χ1) is 11.1. The molecule has 1 atom stereocenters. The molecular formula is C21H38NO+. The van der Waals surface area contributed by atoms with Gasteiger partial charge in [-0.25, -0.2) is 0 Å². The van der Waals surface area contributed by atoms with Crippen molar-refractivity contribution in [3.05, 3.63) is 35.9 Å².